The number of anilines is 4. The predicted octanol–water partition coefficient (Wildman–Crippen LogP) is 3.10. The molecule has 35 heavy (non-hydrogen) atoms. The number of aromatic nitrogens is 2. The van der Waals surface area contributed by atoms with Crippen molar-refractivity contribution in [2.75, 3.05) is 43.1 Å². The summed E-state index contributed by atoms with van der Waals surface area (Å²) >= 11 is 0. The minimum Gasteiger partial charge on any atom is -0.380 e. The first-order chi connectivity index (χ1) is 16.9. The van der Waals surface area contributed by atoms with Gasteiger partial charge in [-0.2, -0.15) is 0 Å². The third-order valence-corrected chi connectivity index (χ3v) is 5.94. The first-order valence-electron chi connectivity index (χ1n) is 11.4. The third-order valence-electron chi connectivity index (χ3n) is 5.94. The molecule has 1 fully saturated rings. The SMILES string of the molecule is CN(C)C1CCN(C(=O)Nc2cccc(Nc3cc(NCc4cccnc4)c(C(N)=O)cn3)c2)C1. The maximum atomic E-state index is 12.7. The Bertz CT molecular complexity index is 1190. The van der Waals surface area contributed by atoms with Gasteiger partial charge in [-0.15, -0.1) is 0 Å². The number of nitrogens with zero attached hydrogens (tertiary/aromatic N) is 4. The van der Waals surface area contributed by atoms with Crippen molar-refractivity contribution >= 4 is 34.8 Å². The van der Waals surface area contributed by atoms with E-state index in [1.54, 1.807) is 18.5 Å². The third kappa shape index (κ3) is 6.24. The standard InChI is InChI=1S/C25H30N8O2/c1-32(2)20-8-10-33(16-20)25(35)31-19-7-3-6-18(11-19)30-23-12-22(21(15-29-23)24(26)34)28-14-17-5-4-9-27-13-17/h3-7,9,11-13,15,20H,8,10,14,16H2,1-2H3,(H2,26,34)(H,31,35)(H2,28,29,30). The van der Waals surface area contributed by atoms with Crippen LogP contribution in [0.15, 0.2) is 61.1 Å². The Labute approximate surface area is 204 Å². The molecule has 0 saturated carbocycles. The number of pyridine rings is 2. The second-order valence-electron chi connectivity index (χ2n) is 8.68. The fourth-order valence-corrected chi connectivity index (χ4v) is 3.94. The summed E-state index contributed by atoms with van der Waals surface area (Å²) in [6.07, 6.45) is 5.86. The number of benzene rings is 1. The van der Waals surface area contributed by atoms with Crippen LogP contribution in [0, 0.1) is 0 Å². The first kappa shape index (κ1) is 24.0. The van der Waals surface area contributed by atoms with Crippen LogP contribution >= 0.6 is 0 Å². The molecule has 1 aliphatic rings. The monoisotopic (exact) mass is 474 g/mol. The minimum absolute atomic E-state index is 0.114. The summed E-state index contributed by atoms with van der Waals surface area (Å²) in [4.78, 5) is 37.0. The molecule has 4 rings (SSSR count). The Morgan fingerprint density at radius 2 is 1.97 bits per heavy atom. The number of likely N-dealkylation sites (N-methyl/N-ethyl adjacent to an activating group) is 1. The van der Waals surface area contributed by atoms with E-state index >= 15 is 0 Å². The van der Waals surface area contributed by atoms with E-state index in [1.165, 1.54) is 6.20 Å². The molecule has 0 aliphatic carbocycles. The zero-order valence-corrected chi connectivity index (χ0v) is 19.9. The van der Waals surface area contributed by atoms with Gasteiger partial charge in [0, 0.05) is 61.7 Å². The first-order valence-corrected chi connectivity index (χ1v) is 11.4. The molecule has 3 aromatic rings. The van der Waals surface area contributed by atoms with E-state index < -0.39 is 5.91 Å². The molecule has 5 N–H and O–H groups in total. The maximum absolute atomic E-state index is 12.7. The maximum Gasteiger partial charge on any atom is 0.321 e. The molecule has 0 bridgehead atoms. The van der Waals surface area contributed by atoms with Gasteiger partial charge in [-0.25, -0.2) is 9.78 Å². The van der Waals surface area contributed by atoms with Crippen molar-refractivity contribution in [1.29, 1.82) is 0 Å². The summed E-state index contributed by atoms with van der Waals surface area (Å²) in [7, 11) is 4.07. The van der Waals surface area contributed by atoms with Gasteiger partial charge in [0.05, 0.1) is 11.3 Å². The van der Waals surface area contributed by atoms with E-state index in [0.29, 0.717) is 41.9 Å². The van der Waals surface area contributed by atoms with Crippen LogP contribution in [-0.4, -0.2) is 64.9 Å². The van der Waals surface area contributed by atoms with Crippen molar-refractivity contribution < 1.29 is 9.59 Å². The van der Waals surface area contributed by atoms with Gasteiger partial charge < -0.3 is 31.5 Å². The highest BCUT2D eigenvalue weighted by Crippen LogP contribution is 2.24. The topological polar surface area (TPSA) is 129 Å². The summed E-state index contributed by atoms with van der Waals surface area (Å²) in [6.45, 7) is 1.92. The van der Waals surface area contributed by atoms with Gasteiger partial charge in [0.1, 0.15) is 5.82 Å². The molecular formula is C25H30N8O2. The lowest BCUT2D eigenvalue weighted by atomic mass is 10.2. The molecule has 1 unspecified atom stereocenters. The van der Waals surface area contributed by atoms with Crippen LogP contribution in [-0.2, 0) is 6.54 Å². The molecule has 182 valence electrons. The van der Waals surface area contributed by atoms with Crippen LogP contribution < -0.4 is 21.7 Å². The van der Waals surface area contributed by atoms with E-state index in [0.717, 1.165) is 24.2 Å². The van der Waals surface area contributed by atoms with Gasteiger partial charge in [-0.1, -0.05) is 12.1 Å². The Hall–Kier alpha value is -4.18. The molecule has 3 amide bonds. The number of carbonyl (C=O) groups is 2. The van der Waals surface area contributed by atoms with Gasteiger partial charge >= 0.3 is 6.03 Å². The molecule has 1 aliphatic heterocycles. The Balaban J connectivity index is 1.43. The van der Waals surface area contributed by atoms with Crippen molar-refractivity contribution in [3.63, 3.8) is 0 Å². The predicted molar refractivity (Wildman–Crippen MR) is 137 cm³/mol. The largest absolute Gasteiger partial charge is 0.380 e. The van der Waals surface area contributed by atoms with Crippen LogP contribution in [0.3, 0.4) is 0 Å². The lowest BCUT2D eigenvalue weighted by Crippen LogP contribution is -2.36. The summed E-state index contributed by atoms with van der Waals surface area (Å²) in [6, 6.07) is 13.2. The summed E-state index contributed by atoms with van der Waals surface area (Å²) in [5.41, 5.74) is 8.77. The lowest BCUT2D eigenvalue weighted by Gasteiger charge is -2.21. The molecule has 10 nitrogen and oxygen atoms in total. The van der Waals surface area contributed by atoms with Gasteiger partial charge in [-0.3, -0.25) is 9.78 Å². The number of amides is 3. The molecular weight excluding hydrogens is 444 g/mol. The molecule has 1 aromatic carbocycles. The highest BCUT2D eigenvalue weighted by Gasteiger charge is 2.27. The average molecular weight is 475 g/mol. The van der Waals surface area contributed by atoms with Crippen LogP contribution in [0.25, 0.3) is 0 Å². The molecule has 1 atom stereocenters. The summed E-state index contributed by atoms with van der Waals surface area (Å²) < 4.78 is 0. The molecule has 3 heterocycles. The van der Waals surface area contributed by atoms with Crippen molar-refractivity contribution in [2.45, 2.75) is 19.0 Å². The number of likely N-dealkylation sites (tertiary alicyclic amines) is 1. The fraction of sp³-hybridized carbons (Fsp3) is 0.280. The summed E-state index contributed by atoms with van der Waals surface area (Å²) in [5.74, 6) is -0.0404. The number of hydrogen-bond acceptors (Lipinski definition) is 7. The molecule has 0 spiro atoms. The number of carbonyl (C=O) groups excluding carboxylic acids is 2. The number of hydrogen-bond donors (Lipinski definition) is 4. The van der Waals surface area contributed by atoms with Crippen molar-refractivity contribution in [1.82, 2.24) is 19.8 Å². The van der Waals surface area contributed by atoms with Gasteiger partial charge in [0.25, 0.3) is 5.91 Å². The van der Waals surface area contributed by atoms with Gasteiger partial charge in [0.2, 0.25) is 0 Å². The number of nitrogens with two attached hydrogens (primary N) is 1. The van der Waals surface area contributed by atoms with Crippen LogP contribution in [0.4, 0.5) is 27.7 Å². The highest BCUT2D eigenvalue weighted by molar-refractivity contribution is 5.98. The van der Waals surface area contributed by atoms with Gasteiger partial charge in [-0.05, 0) is 50.3 Å². The normalized spacial score (nSPS) is 15.2. The zero-order chi connectivity index (χ0) is 24.8. The minimum atomic E-state index is -0.569. The van der Waals surface area contributed by atoms with E-state index in [-0.39, 0.29) is 6.03 Å². The Morgan fingerprint density at radius 1 is 1.14 bits per heavy atom. The Morgan fingerprint density at radius 3 is 2.69 bits per heavy atom. The zero-order valence-electron chi connectivity index (χ0n) is 19.9. The smallest absolute Gasteiger partial charge is 0.321 e. The molecule has 0 radical (unpaired) electrons. The van der Waals surface area contributed by atoms with Crippen LogP contribution in [0.2, 0.25) is 0 Å². The molecule has 10 heteroatoms. The van der Waals surface area contributed by atoms with E-state index in [1.807, 2.05) is 55.4 Å². The second-order valence-corrected chi connectivity index (χ2v) is 8.68. The van der Waals surface area contributed by atoms with E-state index in [9.17, 15) is 9.59 Å². The number of rotatable bonds is 8. The Kier molecular flexibility index (Phi) is 7.41. The summed E-state index contributed by atoms with van der Waals surface area (Å²) in [5, 5.41) is 9.43. The van der Waals surface area contributed by atoms with Crippen LogP contribution in [0.1, 0.15) is 22.3 Å². The second kappa shape index (κ2) is 10.8. The van der Waals surface area contributed by atoms with Crippen LogP contribution in [0.5, 0.6) is 0 Å². The number of primary amides is 1. The number of nitrogens with one attached hydrogen (secondary N) is 3. The van der Waals surface area contributed by atoms with E-state index in [4.69, 9.17) is 5.73 Å². The van der Waals surface area contributed by atoms with E-state index in [2.05, 4.69) is 30.8 Å². The van der Waals surface area contributed by atoms with Gasteiger partial charge in [0.15, 0.2) is 0 Å². The molecule has 1 saturated heterocycles. The molecule has 2 aromatic heterocycles. The average Bonchev–Trinajstić information content (AvgIpc) is 3.35. The van der Waals surface area contributed by atoms with Crippen molar-refractivity contribution in [3.8, 4) is 0 Å². The fourth-order valence-electron chi connectivity index (χ4n) is 3.94. The van der Waals surface area contributed by atoms with Crippen molar-refractivity contribution in [3.05, 3.63) is 72.2 Å². The van der Waals surface area contributed by atoms with Crippen molar-refractivity contribution in [2.24, 2.45) is 5.73 Å². The lowest BCUT2D eigenvalue weighted by molar-refractivity contribution is 0.100. The quantitative estimate of drug-likeness (QED) is 0.395. The number of urea groups is 1. The highest BCUT2D eigenvalue weighted by atomic mass is 16.2.